The van der Waals surface area contributed by atoms with Gasteiger partial charge in [0, 0.05) is 11.2 Å². The Bertz CT molecular complexity index is 533. The first-order valence-electron chi connectivity index (χ1n) is 7.13. The fourth-order valence-electron chi connectivity index (χ4n) is 1.98. The Balaban J connectivity index is 2.63. The summed E-state index contributed by atoms with van der Waals surface area (Å²) in [6.45, 7) is 9.43. The zero-order chi connectivity index (χ0) is 17.0. The molecule has 22 heavy (non-hydrogen) atoms. The maximum Gasteiger partial charge on any atom is 0.408 e. The minimum Gasteiger partial charge on any atom is -0.444 e. The summed E-state index contributed by atoms with van der Waals surface area (Å²) in [5, 5.41) is 6.00. The first kappa shape index (κ1) is 18.2. The number of nitrogens with one attached hydrogen (secondary N) is 2. The van der Waals surface area contributed by atoms with E-state index in [1.54, 1.807) is 0 Å². The summed E-state index contributed by atoms with van der Waals surface area (Å²) in [5.41, 5.74) is 6.44. The van der Waals surface area contributed by atoms with Gasteiger partial charge in [-0.1, -0.05) is 12.1 Å². The van der Waals surface area contributed by atoms with Gasteiger partial charge in [-0.25, -0.2) is 4.79 Å². The Labute approximate surface area is 137 Å². The molecule has 1 amide bonds. The maximum absolute atomic E-state index is 11.9. The molecule has 4 N–H and O–H groups in total. The van der Waals surface area contributed by atoms with Crippen LogP contribution in [0.4, 0.5) is 10.5 Å². The predicted octanol–water partition coefficient (Wildman–Crippen LogP) is 3.19. The number of thiocarbonyl (C=S) groups is 1. The van der Waals surface area contributed by atoms with Gasteiger partial charge < -0.3 is 21.1 Å². The van der Waals surface area contributed by atoms with Crippen LogP contribution in [0.5, 0.6) is 0 Å². The number of hydrogen-bond donors (Lipinski definition) is 3. The molecule has 5 nitrogen and oxygen atoms in total. The SMILES string of the molecule is CC(C)(Cc1ccc(NC(N)=S)cc1)NC(=O)OC(C)(C)C. The molecule has 0 heterocycles. The summed E-state index contributed by atoms with van der Waals surface area (Å²) < 4.78 is 5.29. The fraction of sp³-hybridized carbons (Fsp3) is 0.500. The molecular weight excluding hydrogens is 298 g/mol. The number of nitrogens with two attached hydrogens (primary N) is 1. The smallest absolute Gasteiger partial charge is 0.408 e. The van der Waals surface area contributed by atoms with Gasteiger partial charge in [0.2, 0.25) is 0 Å². The number of benzene rings is 1. The first-order chi connectivity index (χ1) is 9.97. The van der Waals surface area contributed by atoms with E-state index in [-0.39, 0.29) is 5.11 Å². The molecule has 0 fully saturated rings. The van der Waals surface area contributed by atoms with Crippen LogP contribution in [0.1, 0.15) is 40.2 Å². The zero-order valence-corrected chi connectivity index (χ0v) is 14.6. The quantitative estimate of drug-likeness (QED) is 0.742. The summed E-state index contributed by atoms with van der Waals surface area (Å²) in [6.07, 6.45) is 0.267. The minimum absolute atomic E-state index is 0.236. The van der Waals surface area contributed by atoms with E-state index in [1.807, 2.05) is 58.9 Å². The summed E-state index contributed by atoms with van der Waals surface area (Å²) in [7, 11) is 0. The third-order valence-corrected chi connectivity index (χ3v) is 2.81. The van der Waals surface area contributed by atoms with Crippen LogP contribution in [0.3, 0.4) is 0 Å². The highest BCUT2D eigenvalue weighted by atomic mass is 32.1. The van der Waals surface area contributed by atoms with E-state index in [2.05, 4.69) is 10.6 Å². The van der Waals surface area contributed by atoms with E-state index in [9.17, 15) is 4.79 Å². The molecule has 0 spiro atoms. The second kappa shape index (κ2) is 6.96. The lowest BCUT2D eigenvalue weighted by Crippen LogP contribution is -2.47. The Kier molecular flexibility index (Phi) is 5.77. The molecule has 122 valence electrons. The Morgan fingerprint density at radius 3 is 2.18 bits per heavy atom. The van der Waals surface area contributed by atoms with Crippen LogP contribution in [0.25, 0.3) is 0 Å². The van der Waals surface area contributed by atoms with E-state index in [4.69, 9.17) is 22.7 Å². The number of rotatable bonds is 4. The van der Waals surface area contributed by atoms with Crippen LogP contribution in [0.2, 0.25) is 0 Å². The zero-order valence-electron chi connectivity index (χ0n) is 13.8. The van der Waals surface area contributed by atoms with E-state index < -0.39 is 17.2 Å². The van der Waals surface area contributed by atoms with Crippen molar-refractivity contribution < 1.29 is 9.53 Å². The molecule has 0 atom stereocenters. The predicted molar refractivity (Wildman–Crippen MR) is 94.0 cm³/mol. The maximum atomic E-state index is 11.9. The highest BCUT2D eigenvalue weighted by Gasteiger charge is 2.24. The lowest BCUT2D eigenvalue weighted by molar-refractivity contribution is 0.0472. The number of carbonyl (C=O) groups is 1. The molecule has 6 heteroatoms. The molecule has 1 aromatic rings. The van der Waals surface area contributed by atoms with Crippen LogP contribution < -0.4 is 16.4 Å². The van der Waals surface area contributed by atoms with Crippen molar-refractivity contribution in [3.05, 3.63) is 29.8 Å². The van der Waals surface area contributed by atoms with Crippen molar-refractivity contribution >= 4 is 29.1 Å². The van der Waals surface area contributed by atoms with Gasteiger partial charge in [0.25, 0.3) is 0 Å². The van der Waals surface area contributed by atoms with E-state index >= 15 is 0 Å². The highest BCUT2D eigenvalue weighted by molar-refractivity contribution is 7.80. The average molecular weight is 323 g/mol. The van der Waals surface area contributed by atoms with Gasteiger partial charge in [0.1, 0.15) is 5.60 Å². The van der Waals surface area contributed by atoms with E-state index in [0.29, 0.717) is 6.42 Å². The lowest BCUT2D eigenvalue weighted by atomic mass is 9.95. The molecule has 0 bridgehead atoms. The second-order valence-corrected chi connectivity index (χ2v) is 7.31. The van der Waals surface area contributed by atoms with Crippen molar-refractivity contribution in [1.82, 2.24) is 5.32 Å². The van der Waals surface area contributed by atoms with Crippen LogP contribution in [-0.2, 0) is 11.2 Å². The molecule has 0 unspecified atom stereocenters. The number of ether oxygens (including phenoxy) is 1. The monoisotopic (exact) mass is 323 g/mol. The van der Waals surface area contributed by atoms with Crippen LogP contribution in [-0.4, -0.2) is 22.3 Å². The second-order valence-electron chi connectivity index (χ2n) is 6.87. The standard InChI is InChI=1S/C16H25N3O2S/c1-15(2,3)21-14(20)19-16(4,5)10-11-6-8-12(9-7-11)18-13(17)22/h6-9H,10H2,1-5H3,(H,19,20)(H3,17,18,22). The minimum atomic E-state index is -0.506. The molecule has 1 rings (SSSR count). The third-order valence-electron chi connectivity index (χ3n) is 2.71. The van der Waals surface area contributed by atoms with Crippen LogP contribution in [0.15, 0.2) is 24.3 Å². The van der Waals surface area contributed by atoms with E-state index in [1.165, 1.54) is 0 Å². The molecule has 0 aliphatic carbocycles. The topological polar surface area (TPSA) is 76.4 Å². The molecule has 1 aromatic carbocycles. The molecule has 0 radical (unpaired) electrons. The average Bonchev–Trinajstić information content (AvgIpc) is 2.26. The Hall–Kier alpha value is -1.82. The summed E-state index contributed by atoms with van der Waals surface area (Å²) in [6, 6.07) is 7.74. The first-order valence-corrected chi connectivity index (χ1v) is 7.54. The summed E-state index contributed by atoms with van der Waals surface area (Å²) in [5.74, 6) is 0. The van der Waals surface area contributed by atoms with E-state index in [0.717, 1.165) is 11.3 Å². The Morgan fingerprint density at radius 1 is 1.18 bits per heavy atom. The summed E-state index contributed by atoms with van der Waals surface area (Å²) in [4.78, 5) is 11.9. The van der Waals surface area contributed by atoms with Gasteiger partial charge in [-0.2, -0.15) is 0 Å². The number of hydrogen-bond acceptors (Lipinski definition) is 3. The van der Waals surface area contributed by atoms with Gasteiger partial charge >= 0.3 is 6.09 Å². The van der Waals surface area contributed by atoms with Crippen molar-refractivity contribution in [3.63, 3.8) is 0 Å². The lowest BCUT2D eigenvalue weighted by Gasteiger charge is -2.28. The highest BCUT2D eigenvalue weighted by Crippen LogP contribution is 2.17. The molecule has 0 saturated carbocycles. The number of alkyl carbamates (subject to hydrolysis) is 1. The van der Waals surface area contributed by atoms with Gasteiger partial charge in [-0.05, 0) is 71.0 Å². The van der Waals surface area contributed by atoms with Crippen molar-refractivity contribution in [3.8, 4) is 0 Å². The fourth-order valence-corrected chi connectivity index (χ4v) is 2.10. The summed E-state index contributed by atoms with van der Waals surface area (Å²) >= 11 is 4.79. The number of amides is 1. The van der Waals surface area contributed by atoms with Crippen LogP contribution in [0, 0.1) is 0 Å². The van der Waals surface area contributed by atoms with Gasteiger partial charge in [-0.15, -0.1) is 0 Å². The third kappa shape index (κ3) is 7.26. The molecule has 0 aliphatic rings. The van der Waals surface area contributed by atoms with Crippen LogP contribution >= 0.6 is 12.2 Å². The van der Waals surface area contributed by atoms with Gasteiger partial charge in [-0.3, -0.25) is 0 Å². The molecule has 0 aromatic heterocycles. The van der Waals surface area contributed by atoms with Crippen molar-refractivity contribution in [2.45, 2.75) is 52.2 Å². The van der Waals surface area contributed by atoms with Gasteiger partial charge in [0.05, 0.1) is 0 Å². The van der Waals surface area contributed by atoms with Crippen molar-refractivity contribution in [2.24, 2.45) is 5.73 Å². The molecular formula is C16H25N3O2S. The van der Waals surface area contributed by atoms with Crippen molar-refractivity contribution in [1.29, 1.82) is 0 Å². The van der Waals surface area contributed by atoms with Crippen molar-refractivity contribution in [2.75, 3.05) is 5.32 Å². The largest absolute Gasteiger partial charge is 0.444 e. The molecule has 0 saturated heterocycles. The van der Waals surface area contributed by atoms with Gasteiger partial charge in [0.15, 0.2) is 5.11 Å². The number of carbonyl (C=O) groups excluding carboxylic acids is 1. The number of anilines is 1. The molecule has 0 aliphatic heterocycles. The normalized spacial score (nSPS) is 11.7. The Morgan fingerprint density at radius 2 is 1.73 bits per heavy atom.